The van der Waals surface area contributed by atoms with Crippen molar-refractivity contribution in [2.75, 3.05) is 0 Å². The van der Waals surface area contributed by atoms with Gasteiger partial charge < -0.3 is 10.2 Å². The van der Waals surface area contributed by atoms with E-state index in [0.29, 0.717) is 0 Å². The van der Waals surface area contributed by atoms with Gasteiger partial charge in [-0.1, -0.05) is 349 Å². The minimum absolute atomic E-state index is 0.500. The predicted octanol–water partition coefficient (Wildman–Crippen LogP) is 22.4. The second-order valence-electron chi connectivity index (χ2n) is 22.2. The van der Waals surface area contributed by atoms with E-state index in [2.05, 4.69) is 27.7 Å². The fraction of sp³-hybridized carbons (Fsp3) is 1.00. The Kier molecular flexibility index (Phi) is 52.2. The maximum absolute atomic E-state index is 12.2. The Morgan fingerprint density at radius 1 is 0.156 bits per heavy atom. The van der Waals surface area contributed by atoms with Gasteiger partial charge in [-0.3, -0.25) is 0 Å². The lowest BCUT2D eigenvalue weighted by Gasteiger charge is -2.31. The van der Waals surface area contributed by atoms with Gasteiger partial charge >= 0.3 is 0 Å². The van der Waals surface area contributed by atoms with Gasteiger partial charge in [-0.25, -0.2) is 0 Å². The Bertz CT molecular complexity index is 713. The van der Waals surface area contributed by atoms with Crippen molar-refractivity contribution in [3.05, 3.63) is 0 Å². The van der Waals surface area contributed by atoms with Crippen LogP contribution in [0.2, 0.25) is 0 Å². The third-order valence-electron chi connectivity index (χ3n) is 15.5. The van der Waals surface area contributed by atoms with Crippen LogP contribution in [0.1, 0.15) is 387 Å². The molecular weight excluding hydrogens is 777 g/mol. The van der Waals surface area contributed by atoms with Gasteiger partial charge in [0.25, 0.3) is 0 Å². The molecule has 2 N–H and O–H groups in total. The average molecular weight is 904 g/mol. The number of hydrogen-bond acceptors (Lipinski definition) is 2. The second-order valence-corrected chi connectivity index (χ2v) is 22.2. The molecule has 0 radical (unpaired) electrons. The highest BCUT2D eigenvalue weighted by molar-refractivity contribution is 4.82. The lowest BCUT2D eigenvalue weighted by atomic mass is 9.82. The molecule has 0 aromatic rings. The first-order chi connectivity index (χ1) is 31.4. The van der Waals surface area contributed by atoms with E-state index in [-0.39, 0.29) is 0 Å². The van der Waals surface area contributed by atoms with Crippen molar-refractivity contribution in [1.82, 2.24) is 0 Å². The minimum atomic E-state index is -0.500. The number of aliphatic hydroxyl groups is 2. The second kappa shape index (κ2) is 52.3. The highest BCUT2D eigenvalue weighted by atomic mass is 16.3. The zero-order valence-electron chi connectivity index (χ0n) is 45.5. The maximum Gasteiger partial charge on any atom is 0.0647 e. The van der Waals surface area contributed by atoms with Crippen molar-refractivity contribution in [3.63, 3.8) is 0 Å². The summed E-state index contributed by atoms with van der Waals surface area (Å²) in [5, 5.41) is 24.3. The first-order valence-corrected chi connectivity index (χ1v) is 30.9. The van der Waals surface area contributed by atoms with Crippen LogP contribution in [-0.2, 0) is 0 Å². The van der Waals surface area contributed by atoms with Crippen LogP contribution >= 0.6 is 0 Å². The summed E-state index contributed by atoms with van der Waals surface area (Å²) in [4.78, 5) is 0. The molecule has 0 spiro atoms. The monoisotopic (exact) mass is 903 g/mol. The number of hydrogen-bond donors (Lipinski definition) is 2. The molecule has 0 aliphatic rings. The summed E-state index contributed by atoms with van der Waals surface area (Å²) in [7, 11) is 0. The molecule has 0 unspecified atom stereocenters. The molecule has 0 aliphatic heterocycles. The summed E-state index contributed by atoms with van der Waals surface area (Å²) < 4.78 is 0. The van der Waals surface area contributed by atoms with Crippen molar-refractivity contribution < 1.29 is 10.2 Å². The Labute approximate surface area is 407 Å². The van der Waals surface area contributed by atoms with E-state index in [9.17, 15) is 10.2 Å². The van der Waals surface area contributed by atoms with Gasteiger partial charge in [-0.2, -0.15) is 0 Å². The fourth-order valence-electron chi connectivity index (χ4n) is 10.8. The van der Waals surface area contributed by atoms with Crippen LogP contribution in [0.3, 0.4) is 0 Å². The number of unbranched alkanes of at least 4 members (excludes halogenated alkanes) is 45. The van der Waals surface area contributed by atoms with Crippen LogP contribution in [0.4, 0.5) is 0 Å². The van der Waals surface area contributed by atoms with Crippen LogP contribution in [0.5, 0.6) is 0 Å². The molecule has 2 nitrogen and oxygen atoms in total. The standard InChI is InChI=1S/C62H126O2/c1-5-9-13-17-21-25-29-33-37-41-45-49-55-61(63,56-50-46-42-38-34-30-26-22-18-14-10-6-2)59-53-54-60-62(64,57-51-47-43-39-35-31-27-23-19-15-11-7-3)58-52-48-44-40-36-32-28-24-20-16-12-8-4/h63-64H,5-60H2,1-4H3. The van der Waals surface area contributed by atoms with E-state index in [1.165, 1.54) is 308 Å². The molecule has 0 aliphatic carbocycles. The summed E-state index contributed by atoms with van der Waals surface area (Å²) in [6.07, 6.45) is 74.0. The number of rotatable bonds is 57. The lowest BCUT2D eigenvalue weighted by molar-refractivity contribution is -0.00619. The molecule has 0 saturated heterocycles. The topological polar surface area (TPSA) is 40.5 Å². The highest BCUT2D eigenvalue weighted by Crippen LogP contribution is 2.33. The van der Waals surface area contributed by atoms with E-state index >= 15 is 0 Å². The molecule has 386 valence electrons. The molecular formula is C62H126O2. The van der Waals surface area contributed by atoms with Gasteiger partial charge in [0, 0.05) is 0 Å². The maximum atomic E-state index is 12.2. The van der Waals surface area contributed by atoms with Crippen molar-refractivity contribution in [2.45, 2.75) is 398 Å². The molecule has 0 bridgehead atoms. The molecule has 64 heavy (non-hydrogen) atoms. The predicted molar refractivity (Wildman–Crippen MR) is 291 cm³/mol. The quantitative estimate of drug-likeness (QED) is 0.0597. The van der Waals surface area contributed by atoms with Crippen LogP contribution < -0.4 is 0 Å². The zero-order valence-corrected chi connectivity index (χ0v) is 45.5. The van der Waals surface area contributed by atoms with Crippen LogP contribution in [0.15, 0.2) is 0 Å². The van der Waals surface area contributed by atoms with Gasteiger partial charge in [-0.15, -0.1) is 0 Å². The Morgan fingerprint density at radius 2 is 0.250 bits per heavy atom. The van der Waals surface area contributed by atoms with E-state index in [1.54, 1.807) is 0 Å². The van der Waals surface area contributed by atoms with E-state index in [4.69, 9.17) is 0 Å². The molecule has 0 rings (SSSR count). The third kappa shape index (κ3) is 48.4. The van der Waals surface area contributed by atoms with E-state index in [0.717, 1.165) is 51.4 Å². The van der Waals surface area contributed by atoms with Gasteiger partial charge in [0.1, 0.15) is 0 Å². The van der Waals surface area contributed by atoms with Crippen LogP contribution in [0.25, 0.3) is 0 Å². The fourth-order valence-corrected chi connectivity index (χ4v) is 10.8. The zero-order chi connectivity index (χ0) is 46.6. The van der Waals surface area contributed by atoms with Gasteiger partial charge in [0.15, 0.2) is 0 Å². The highest BCUT2D eigenvalue weighted by Gasteiger charge is 2.28. The smallest absolute Gasteiger partial charge is 0.0647 e. The summed E-state index contributed by atoms with van der Waals surface area (Å²) in [5.74, 6) is 0. The summed E-state index contributed by atoms with van der Waals surface area (Å²) >= 11 is 0. The van der Waals surface area contributed by atoms with Gasteiger partial charge in [0.2, 0.25) is 0 Å². The summed E-state index contributed by atoms with van der Waals surface area (Å²) in [6, 6.07) is 0. The molecule has 0 saturated carbocycles. The molecule has 0 amide bonds. The lowest BCUT2D eigenvalue weighted by Crippen LogP contribution is -2.30. The Balaban J connectivity index is 4.91. The van der Waals surface area contributed by atoms with Crippen molar-refractivity contribution in [3.8, 4) is 0 Å². The molecule has 0 atom stereocenters. The Morgan fingerprint density at radius 3 is 0.375 bits per heavy atom. The summed E-state index contributed by atoms with van der Waals surface area (Å²) in [5.41, 5.74) is -1.000. The van der Waals surface area contributed by atoms with Crippen molar-refractivity contribution >= 4 is 0 Å². The van der Waals surface area contributed by atoms with Crippen molar-refractivity contribution in [1.29, 1.82) is 0 Å². The third-order valence-corrected chi connectivity index (χ3v) is 15.5. The van der Waals surface area contributed by atoms with Crippen LogP contribution in [0, 0.1) is 0 Å². The minimum Gasteiger partial charge on any atom is -0.390 e. The molecule has 2 heteroatoms. The largest absolute Gasteiger partial charge is 0.390 e. The molecule has 0 aromatic carbocycles. The first kappa shape index (κ1) is 63.9. The Hall–Kier alpha value is -0.0800. The average Bonchev–Trinajstić information content (AvgIpc) is 3.29. The molecule has 0 heterocycles. The van der Waals surface area contributed by atoms with E-state index < -0.39 is 11.2 Å². The molecule has 0 fully saturated rings. The van der Waals surface area contributed by atoms with Gasteiger partial charge in [0.05, 0.1) is 11.2 Å². The van der Waals surface area contributed by atoms with Crippen LogP contribution in [-0.4, -0.2) is 21.4 Å². The van der Waals surface area contributed by atoms with E-state index in [1.807, 2.05) is 0 Å². The van der Waals surface area contributed by atoms with Crippen molar-refractivity contribution in [2.24, 2.45) is 0 Å². The molecule has 0 aromatic heterocycles. The SMILES string of the molecule is CCCCCCCCCCCCCCC(O)(CCCCCCCCCCCCCC)CCCCC(O)(CCCCCCCCCCCCCC)CCCCCCCCCCCCCC. The summed E-state index contributed by atoms with van der Waals surface area (Å²) in [6.45, 7) is 9.23. The van der Waals surface area contributed by atoms with Gasteiger partial charge in [-0.05, 0) is 38.5 Å². The normalized spacial score (nSPS) is 12.3. The first-order valence-electron chi connectivity index (χ1n) is 30.9.